The Kier molecular flexibility index (Phi) is 5.56. The van der Waals surface area contributed by atoms with E-state index >= 15 is 0 Å². The summed E-state index contributed by atoms with van der Waals surface area (Å²) in [5, 5.41) is 11.2. The average Bonchev–Trinajstić information content (AvgIpc) is 2.98. The first-order chi connectivity index (χ1) is 11.1. The van der Waals surface area contributed by atoms with Gasteiger partial charge in [0.15, 0.2) is 11.5 Å². The van der Waals surface area contributed by atoms with Crippen LogP contribution < -0.4 is 9.47 Å². The zero-order valence-electron chi connectivity index (χ0n) is 13.3. The molecule has 1 aromatic heterocycles. The van der Waals surface area contributed by atoms with Gasteiger partial charge < -0.3 is 9.47 Å². The maximum atomic E-state index is 12.5. The van der Waals surface area contributed by atoms with Crippen molar-refractivity contribution in [2.45, 2.75) is 13.8 Å². The highest BCUT2D eigenvalue weighted by Crippen LogP contribution is 2.29. The van der Waals surface area contributed by atoms with Crippen LogP contribution in [0.4, 0.5) is 0 Å². The van der Waals surface area contributed by atoms with E-state index in [-0.39, 0.29) is 11.4 Å². The Morgan fingerprint density at radius 1 is 1.35 bits per heavy atom. The van der Waals surface area contributed by atoms with Crippen LogP contribution in [0.15, 0.2) is 35.2 Å². The summed E-state index contributed by atoms with van der Waals surface area (Å²) in [5.74, 6) is 0.942. The molecule has 0 spiro atoms. The van der Waals surface area contributed by atoms with E-state index in [1.54, 1.807) is 31.4 Å². The quantitative estimate of drug-likeness (QED) is 0.452. The van der Waals surface area contributed by atoms with Crippen LogP contribution >= 0.6 is 11.3 Å². The Balaban J connectivity index is 2.39. The number of benzene rings is 1. The number of hydrogen-bond donors (Lipinski definition) is 0. The van der Waals surface area contributed by atoms with Gasteiger partial charge in [0.25, 0.3) is 0 Å². The molecule has 0 N–H and O–H groups in total. The van der Waals surface area contributed by atoms with Gasteiger partial charge in [-0.05, 0) is 54.6 Å². The zero-order valence-corrected chi connectivity index (χ0v) is 14.1. The van der Waals surface area contributed by atoms with E-state index in [2.05, 4.69) is 0 Å². The number of ketones is 1. The van der Waals surface area contributed by atoms with Gasteiger partial charge in [-0.1, -0.05) is 6.07 Å². The first-order valence-corrected chi connectivity index (χ1v) is 8.00. The van der Waals surface area contributed by atoms with Crippen molar-refractivity contribution in [1.29, 1.82) is 5.26 Å². The molecule has 0 amide bonds. The van der Waals surface area contributed by atoms with Gasteiger partial charge in [0.1, 0.15) is 11.6 Å². The maximum absolute atomic E-state index is 12.5. The molecule has 1 heterocycles. The average molecular weight is 327 g/mol. The van der Waals surface area contributed by atoms with E-state index in [1.165, 1.54) is 11.3 Å². The molecule has 5 heteroatoms. The molecular formula is C18H17NO3S. The lowest BCUT2D eigenvalue weighted by Gasteiger charge is -2.09. The maximum Gasteiger partial charge on any atom is 0.213 e. The fraction of sp³-hybridized carbons (Fsp3) is 0.222. The fourth-order valence-corrected chi connectivity index (χ4v) is 2.97. The molecule has 2 aromatic rings. The normalized spacial score (nSPS) is 11.0. The predicted octanol–water partition coefficient (Wildman–Crippen LogP) is 4.25. The van der Waals surface area contributed by atoms with Gasteiger partial charge >= 0.3 is 0 Å². The third kappa shape index (κ3) is 3.79. The lowest BCUT2D eigenvalue weighted by atomic mass is 10.0. The van der Waals surface area contributed by atoms with Crippen molar-refractivity contribution in [3.63, 3.8) is 0 Å². The van der Waals surface area contributed by atoms with Gasteiger partial charge in [-0.2, -0.15) is 5.26 Å². The summed E-state index contributed by atoms with van der Waals surface area (Å²) < 4.78 is 10.7. The van der Waals surface area contributed by atoms with E-state index in [9.17, 15) is 10.1 Å². The monoisotopic (exact) mass is 327 g/mol. The number of rotatable bonds is 6. The number of nitriles is 1. The molecule has 0 atom stereocenters. The van der Waals surface area contributed by atoms with Crippen LogP contribution in [0.1, 0.15) is 27.7 Å². The minimum atomic E-state index is -0.256. The van der Waals surface area contributed by atoms with Gasteiger partial charge in [-0.3, -0.25) is 4.79 Å². The molecular weight excluding hydrogens is 310 g/mol. The Morgan fingerprint density at radius 2 is 2.13 bits per heavy atom. The Labute approximate surface area is 139 Å². The van der Waals surface area contributed by atoms with Crippen molar-refractivity contribution >= 4 is 23.2 Å². The smallest absolute Gasteiger partial charge is 0.213 e. The first kappa shape index (κ1) is 16.8. The molecule has 0 bridgehead atoms. The van der Waals surface area contributed by atoms with E-state index < -0.39 is 0 Å². The lowest BCUT2D eigenvalue weighted by Crippen LogP contribution is -2.01. The molecule has 0 unspecified atom stereocenters. The second-order valence-corrected chi connectivity index (χ2v) is 5.69. The molecule has 4 nitrogen and oxygen atoms in total. The van der Waals surface area contributed by atoms with Crippen molar-refractivity contribution < 1.29 is 14.3 Å². The number of thiophene rings is 1. The molecule has 23 heavy (non-hydrogen) atoms. The van der Waals surface area contributed by atoms with Crippen LogP contribution in [0, 0.1) is 18.3 Å². The summed E-state index contributed by atoms with van der Waals surface area (Å²) >= 11 is 1.34. The predicted molar refractivity (Wildman–Crippen MR) is 91.1 cm³/mol. The number of hydrogen-bond acceptors (Lipinski definition) is 5. The Hall–Kier alpha value is -2.58. The number of Topliss-reactive ketones (excluding diaryl/α,β-unsaturated/α-hetero) is 1. The van der Waals surface area contributed by atoms with E-state index in [0.717, 1.165) is 5.56 Å². The number of nitrogens with zero attached hydrogens (tertiary/aromatic N) is 1. The molecule has 0 fully saturated rings. The topological polar surface area (TPSA) is 59.3 Å². The summed E-state index contributed by atoms with van der Waals surface area (Å²) in [6.07, 6.45) is 1.57. The second kappa shape index (κ2) is 7.61. The first-order valence-electron chi connectivity index (χ1n) is 7.12. The molecule has 0 saturated carbocycles. The highest BCUT2D eigenvalue weighted by Gasteiger charge is 2.16. The summed E-state index contributed by atoms with van der Waals surface area (Å²) in [6, 6.07) is 9.16. The van der Waals surface area contributed by atoms with Gasteiger partial charge in [-0.25, -0.2) is 0 Å². The summed E-state index contributed by atoms with van der Waals surface area (Å²) in [4.78, 5) is 13.1. The van der Waals surface area contributed by atoms with Crippen molar-refractivity contribution in [3.8, 4) is 17.6 Å². The zero-order chi connectivity index (χ0) is 16.8. The third-order valence-corrected chi connectivity index (χ3v) is 4.25. The number of methoxy groups -OCH3 is 1. The van der Waals surface area contributed by atoms with Crippen LogP contribution in [-0.2, 0) is 0 Å². The van der Waals surface area contributed by atoms with E-state index in [1.807, 2.05) is 31.4 Å². The van der Waals surface area contributed by atoms with Gasteiger partial charge in [0.2, 0.25) is 5.78 Å². The summed E-state index contributed by atoms with van der Waals surface area (Å²) in [5.41, 5.74) is 1.70. The molecule has 0 aliphatic heterocycles. The number of ether oxygens (including phenoxy) is 2. The summed E-state index contributed by atoms with van der Waals surface area (Å²) in [6.45, 7) is 4.24. The van der Waals surface area contributed by atoms with Gasteiger partial charge in [0.05, 0.1) is 18.6 Å². The van der Waals surface area contributed by atoms with Crippen LogP contribution in [0.3, 0.4) is 0 Å². The minimum absolute atomic E-state index is 0.100. The molecule has 2 rings (SSSR count). The van der Waals surface area contributed by atoms with Gasteiger partial charge in [-0.15, -0.1) is 11.3 Å². The number of aryl methyl sites for hydroxylation is 1. The van der Waals surface area contributed by atoms with Crippen LogP contribution in [0.2, 0.25) is 0 Å². The second-order valence-electron chi connectivity index (χ2n) is 4.77. The molecule has 1 aromatic carbocycles. The van der Waals surface area contributed by atoms with Crippen LogP contribution in [0.5, 0.6) is 11.5 Å². The Bertz CT molecular complexity index is 784. The molecule has 0 aliphatic rings. The summed E-state index contributed by atoms with van der Waals surface area (Å²) in [7, 11) is 1.57. The lowest BCUT2D eigenvalue weighted by molar-refractivity contribution is 0.104. The fourth-order valence-electron chi connectivity index (χ4n) is 2.09. The molecule has 118 valence electrons. The highest BCUT2D eigenvalue weighted by atomic mass is 32.1. The number of carbonyl (C=O) groups excluding carboxylic acids is 1. The van der Waals surface area contributed by atoms with E-state index in [0.29, 0.717) is 28.5 Å². The standard InChI is InChI=1S/C18H17NO3S/c1-4-22-16-10-13(5-6-15(16)21-3)9-14(11-19)17(20)18-12(2)7-8-23-18/h5-10H,4H2,1-3H3. The van der Waals surface area contributed by atoms with Crippen LogP contribution in [0.25, 0.3) is 6.08 Å². The SMILES string of the molecule is CCOc1cc(C=C(C#N)C(=O)c2sccc2C)ccc1OC. The van der Waals surface area contributed by atoms with Crippen molar-refractivity contribution in [2.75, 3.05) is 13.7 Å². The highest BCUT2D eigenvalue weighted by molar-refractivity contribution is 7.12. The minimum Gasteiger partial charge on any atom is -0.493 e. The van der Waals surface area contributed by atoms with Crippen molar-refractivity contribution in [1.82, 2.24) is 0 Å². The largest absolute Gasteiger partial charge is 0.493 e. The number of carbonyl (C=O) groups is 1. The van der Waals surface area contributed by atoms with E-state index in [4.69, 9.17) is 9.47 Å². The van der Waals surface area contributed by atoms with Crippen molar-refractivity contribution in [2.24, 2.45) is 0 Å². The molecule has 0 saturated heterocycles. The molecule has 0 radical (unpaired) electrons. The van der Waals surface area contributed by atoms with Crippen LogP contribution in [-0.4, -0.2) is 19.5 Å². The Morgan fingerprint density at radius 3 is 2.70 bits per heavy atom. The van der Waals surface area contributed by atoms with Crippen molar-refractivity contribution in [3.05, 3.63) is 51.2 Å². The number of allylic oxidation sites excluding steroid dienone is 1. The van der Waals surface area contributed by atoms with Gasteiger partial charge in [0, 0.05) is 0 Å². The molecule has 0 aliphatic carbocycles. The third-order valence-electron chi connectivity index (χ3n) is 3.23.